The lowest BCUT2D eigenvalue weighted by molar-refractivity contribution is -0.148. The number of amides is 2. The fraction of sp³-hybridized carbons (Fsp3) is 0.464. The van der Waals surface area contributed by atoms with Gasteiger partial charge in [0.15, 0.2) is 5.60 Å². The first-order valence-corrected chi connectivity index (χ1v) is 16.4. The molecule has 3 aliphatic heterocycles. The summed E-state index contributed by atoms with van der Waals surface area (Å²) in [5.74, 6) is -1.13. The number of likely N-dealkylation sites (tertiary alicyclic amines) is 1. The standard InChI is InChI=1S/C28H33FN4O5Si/c1-16-25(39(2,3)29)23(14-24(35)32-12-6-7-18(32)15-34)38-28(16)20-13-17(10-11-22(20)30-27(28)37)33-26(36)19-8-4-5-9-21(19)31-33/h4-5,8-11,13,16,18,23,25,31,34H,6-7,12,14-15H2,1-3H3,(H,30,37)/t16-,18-,23+,25-,28+/m0/s1. The predicted octanol–water partition coefficient (Wildman–Crippen LogP) is 3.42. The molecule has 9 nitrogen and oxygen atoms in total. The van der Waals surface area contributed by atoms with Crippen LogP contribution in [0, 0.1) is 5.92 Å². The van der Waals surface area contributed by atoms with Crippen LogP contribution in [0.5, 0.6) is 0 Å². The van der Waals surface area contributed by atoms with E-state index < -0.39 is 37.5 Å². The number of carbonyl (C=O) groups is 2. The first-order valence-electron chi connectivity index (χ1n) is 13.5. The highest BCUT2D eigenvalue weighted by molar-refractivity contribution is 6.72. The van der Waals surface area contributed by atoms with Gasteiger partial charge in [-0.15, -0.1) is 0 Å². The highest BCUT2D eigenvalue weighted by Crippen LogP contribution is 2.59. The molecule has 2 saturated heterocycles. The van der Waals surface area contributed by atoms with Crippen LogP contribution in [0.4, 0.5) is 9.80 Å². The number of fused-ring (bicyclic) bond motifs is 3. The minimum absolute atomic E-state index is 0.0581. The van der Waals surface area contributed by atoms with Gasteiger partial charge in [0.05, 0.1) is 41.8 Å². The molecule has 0 saturated carbocycles. The van der Waals surface area contributed by atoms with Gasteiger partial charge >= 0.3 is 0 Å². The van der Waals surface area contributed by atoms with Crippen LogP contribution in [0.15, 0.2) is 47.3 Å². The topological polar surface area (TPSA) is 117 Å². The van der Waals surface area contributed by atoms with Gasteiger partial charge in [0, 0.05) is 29.3 Å². The largest absolute Gasteiger partial charge is 0.394 e. The van der Waals surface area contributed by atoms with Crippen molar-refractivity contribution in [3.8, 4) is 5.69 Å². The molecule has 4 heterocycles. The fourth-order valence-electron chi connectivity index (χ4n) is 7.08. The highest BCUT2D eigenvalue weighted by Gasteiger charge is 2.65. The minimum Gasteiger partial charge on any atom is -0.394 e. The Balaban J connectivity index is 1.41. The van der Waals surface area contributed by atoms with Crippen LogP contribution in [-0.2, 0) is 19.9 Å². The SMILES string of the molecule is C[C@H]1[C@H]([Si](C)(C)F)[C@@H](CC(=O)N2CCC[C@H]2CO)O[C@]12C(=O)Nc1ccc(-n3[nH]c4ccccc4c3=O)cc12. The number of hydrogen-bond donors (Lipinski definition) is 3. The Morgan fingerprint density at radius 1 is 1.23 bits per heavy atom. The van der Waals surface area contributed by atoms with Gasteiger partial charge in [-0.1, -0.05) is 19.1 Å². The van der Waals surface area contributed by atoms with E-state index in [2.05, 4.69) is 10.4 Å². The van der Waals surface area contributed by atoms with Gasteiger partial charge in [0.25, 0.3) is 11.5 Å². The van der Waals surface area contributed by atoms with Gasteiger partial charge < -0.3 is 24.2 Å². The minimum atomic E-state index is -3.42. The van der Waals surface area contributed by atoms with Crippen LogP contribution >= 0.6 is 0 Å². The Morgan fingerprint density at radius 3 is 2.72 bits per heavy atom. The number of H-pyrrole nitrogens is 1. The first kappa shape index (κ1) is 26.0. The molecule has 1 aromatic heterocycles. The summed E-state index contributed by atoms with van der Waals surface area (Å²) in [4.78, 5) is 41.7. The van der Waals surface area contributed by atoms with Crippen LogP contribution in [-0.4, -0.2) is 65.3 Å². The predicted molar refractivity (Wildman–Crippen MR) is 147 cm³/mol. The molecule has 0 unspecified atom stereocenters. The van der Waals surface area contributed by atoms with E-state index in [0.29, 0.717) is 34.4 Å². The molecular formula is C28H33FN4O5Si. The van der Waals surface area contributed by atoms with Crippen LogP contribution in [0.1, 0.15) is 31.7 Å². The molecule has 3 aromatic rings. The van der Waals surface area contributed by atoms with Gasteiger partial charge in [0.2, 0.25) is 14.3 Å². The smallest absolute Gasteiger partial charge is 0.279 e. The maximum absolute atomic E-state index is 15.9. The number of nitrogens with zero attached hydrogens (tertiary/aromatic N) is 2. The average Bonchev–Trinajstić information content (AvgIpc) is 3.64. The number of para-hydroxylation sites is 1. The van der Waals surface area contributed by atoms with Crippen molar-refractivity contribution in [3.63, 3.8) is 0 Å². The molecule has 3 aliphatic rings. The van der Waals surface area contributed by atoms with Crippen molar-refractivity contribution < 1.29 is 23.5 Å². The van der Waals surface area contributed by atoms with E-state index in [4.69, 9.17) is 4.74 Å². The lowest BCUT2D eigenvalue weighted by Gasteiger charge is -2.31. The number of halogens is 1. The molecular weight excluding hydrogens is 519 g/mol. The second-order valence-corrected chi connectivity index (χ2v) is 15.3. The van der Waals surface area contributed by atoms with Gasteiger partial charge in [-0.25, -0.2) is 4.68 Å². The van der Waals surface area contributed by atoms with E-state index in [1.807, 2.05) is 19.1 Å². The number of ether oxygens (including phenoxy) is 1. The molecule has 3 N–H and O–H groups in total. The number of benzene rings is 2. The molecule has 0 bridgehead atoms. The maximum atomic E-state index is 15.9. The van der Waals surface area contributed by atoms with E-state index in [0.717, 1.165) is 12.8 Å². The van der Waals surface area contributed by atoms with Crippen molar-refractivity contribution in [2.45, 2.75) is 62.6 Å². The second kappa shape index (κ2) is 9.14. The first-order chi connectivity index (χ1) is 18.6. The van der Waals surface area contributed by atoms with Gasteiger partial charge in [0.1, 0.15) is 0 Å². The Hall–Kier alpha value is -3.28. The molecule has 11 heteroatoms. The number of anilines is 1. The number of carbonyl (C=O) groups excluding carboxylic acids is 2. The third-order valence-electron chi connectivity index (χ3n) is 8.83. The zero-order valence-electron chi connectivity index (χ0n) is 22.2. The molecule has 39 heavy (non-hydrogen) atoms. The zero-order chi connectivity index (χ0) is 27.7. The van der Waals surface area contributed by atoms with Crippen LogP contribution < -0.4 is 10.9 Å². The molecule has 2 amide bonds. The lowest BCUT2D eigenvalue weighted by atomic mass is 9.82. The quantitative estimate of drug-likeness (QED) is 0.331. The summed E-state index contributed by atoms with van der Waals surface area (Å²) in [6, 6.07) is 12.2. The average molecular weight is 553 g/mol. The number of rotatable bonds is 5. The number of aromatic nitrogens is 2. The summed E-state index contributed by atoms with van der Waals surface area (Å²) >= 11 is 0. The van der Waals surface area contributed by atoms with E-state index in [1.54, 1.807) is 48.3 Å². The fourth-order valence-corrected chi connectivity index (χ4v) is 9.57. The summed E-state index contributed by atoms with van der Waals surface area (Å²) in [6.07, 6.45) is 0.681. The highest BCUT2D eigenvalue weighted by atomic mass is 28.4. The van der Waals surface area contributed by atoms with Crippen LogP contribution in [0.2, 0.25) is 18.6 Å². The number of nitrogens with one attached hydrogen (secondary N) is 2. The normalized spacial score (nSPS) is 28.4. The van der Waals surface area contributed by atoms with Crippen LogP contribution in [0.25, 0.3) is 16.6 Å². The zero-order valence-corrected chi connectivity index (χ0v) is 23.2. The molecule has 1 spiro atoms. The molecule has 6 rings (SSSR count). The summed E-state index contributed by atoms with van der Waals surface area (Å²) in [7, 11) is -3.42. The summed E-state index contributed by atoms with van der Waals surface area (Å²) in [6.45, 7) is 5.44. The van der Waals surface area contributed by atoms with Crippen molar-refractivity contribution in [2.24, 2.45) is 5.92 Å². The van der Waals surface area contributed by atoms with E-state index in [-0.39, 0.29) is 30.5 Å². The molecule has 2 fully saturated rings. The number of aliphatic hydroxyl groups excluding tert-OH is 1. The number of aromatic amines is 1. The number of hydrogen-bond acceptors (Lipinski definition) is 5. The summed E-state index contributed by atoms with van der Waals surface area (Å²) in [5.41, 5.74) is -0.0392. The third kappa shape index (κ3) is 3.89. The monoisotopic (exact) mass is 552 g/mol. The molecule has 0 radical (unpaired) electrons. The molecule has 2 aromatic carbocycles. The molecule has 206 valence electrons. The summed E-state index contributed by atoms with van der Waals surface area (Å²) in [5, 5.41) is 16.3. The van der Waals surface area contributed by atoms with E-state index >= 15 is 4.11 Å². The van der Waals surface area contributed by atoms with Crippen molar-refractivity contribution in [2.75, 3.05) is 18.5 Å². The van der Waals surface area contributed by atoms with Crippen molar-refractivity contribution in [1.82, 2.24) is 14.7 Å². The maximum Gasteiger partial charge on any atom is 0.279 e. The Morgan fingerprint density at radius 2 is 2.00 bits per heavy atom. The van der Waals surface area contributed by atoms with Gasteiger partial charge in [-0.2, -0.15) is 0 Å². The molecule has 0 aliphatic carbocycles. The summed E-state index contributed by atoms with van der Waals surface area (Å²) < 4.78 is 23.9. The van der Waals surface area contributed by atoms with Crippen molar-refractivity contribution in [1.29, 1.82) is 0 Å². The Kier molecular flexibility index (Phi) is 6.08. The second-order valence-electron chi connectivity index (χ2n) is 11.5. The Labute approximate surface area is 226 Å². The Bertz CT molecular complexity index is 1530. The third-order valence-corrected chi connectivity index (χ3v) is 11.3. The van der Waals surface area contributed by atoms with Crippen molar-refractivity contribution in [3.05, 3.63) is 58.4 Å². The van der Waals surface area contributed by atoms with E-state index in [1.165, 1.54) is 4.68 Å². The van der Waals surface area contributed by atoms with Crippen molar-refractivity contribution >= 4 is 36.8 Å². The molecule has 5 atom stereocenters. The van der Waals surface area contributed by atoms with Gasteiger partial charge in [-0.3, -0.25) is 19.5 Å². The van der Waals surface area contributed by atoms with Gasteiger partial charge in [-0.05, 0) is 56.3 Å². The van der Waals surface area contributed by atoms with Crippen LogP contribution in [0.3, 0.4) is 0 Å². The lowest BCUT2D eigenvalue weighted by Crippen LogP contribution is -2.42. The van der Waals surface area contributed by atoms with E-state index in [9.17, 15) is 19.5 Å². The number of aliphatic hydroxyl groups is 1.